The molecule has 0 spiro atoms. The molecule has 0 radical (unpaired) electrons. The van der Waals surface area contributed by atoms with Crippen LogP contribution >= 0.6 is 0 Å². The summed E-state index contributed by atoms with van der Waals surface area (Å²) in [5, 5.41) is 3.88. The Labute approximate surface area is 122 Å². The summed E-state index contributed by atoms with van der Waals surface area (Å²) in [6.07, 6.45) is 1.70. The number of furan rings is 1. The van der Waals surface area contributed by atoms with Crippen LogP contribution in [0.3, 0.4) is 0 Å². The van der Waals surface area contributed by atoms with Gasteiger partial charge in [-0.3, -0.25) is 9.78 Å². The minimum absolute atomic E-state index is 0.127. The fraction of sp³-hybridized carbons (Fsp3) is 0.176. The van der Waals surface area contributed by atoms with Gasteiger partial charge in [0.15, 0.2) is 0 Å². The number of hydrogen-bond acceptors (Lipinski definition) is 3. The molecular formula is C17H16N2O2. The van der Waals surface area contributed by atoms with Crippen LogP contribution in [0.2, 0.25) is 0 Å². The quantitative estimate of drug-likeness (QED) is 0.800. The summed E-state index contributed by atoms with van der Waals surface area (Å²) in [5.41, 5.74) is 2.30. The maximum absolute atomic E-state index is 12.4. The average Bonchev–Trinajstić information content (AvgIpc) is 2.82. The molecule has 0 unspecified atom stereocenters. The van der Waals surface area contributed by atoms with Crippen LogP contribution < -0.4 is 5.32 Å². The van der Waals surface area contributed by atoms with Gasteiger partial charge in [0, 0.05) is 23.7 Å². The molecule has 0 fully saturated rings. The number of aromatic nitrogens is 1. The minimum Gasteiger partial charge on any atom is -0.466 e. The zero-order valence-electron chi connectivity index (χ0n) is 12.0. The Morgan fingerprint density at radius 2 is 2.05 bits per heavy atom. The van der Waals surface area contributed by atoms with E-state index >= 15 is 0 Å². The van der Waals surface area contributed by atoms with Crippen LogP contribution in [0.25, 0.3) is 10.9 Å². The van der Waals surface area contributed by atoms with Gasteiger partial charge in [0.2, 0.25) is 0 Å². The standard InChI is InChI=1S/C17H16N2O2/c1-11-9-14(12(2)21-11)10-19-17(20)15-7-3-5-13-6-4-8-18-16(13)15/h3-9H,10H2,1-2H3,(H,19,20). The number of amides is 1. The highest BCUT2D eigenvalue weighted by molar-refractivity contribution is 6.05. The summed E-state index contributed by atoms with van der Waals surface area (Å²) in [7, 11) is 0. The minimum atomic E-state index is -0.127. The molecule has 1 amide bonds. The third-order valence-corrected chi connectivity index (χ3v) is 3.46. The smallest absolute Gasteiger partial charge is 0.253 e. The lowest BCUT2D eigenvalue weighted by Gasteiger charge is -2.07. The summed E-state index contributed by atoms with van der Waals surface area (Å²) in [6.45, 7) is 4.24. The molecule has 0 atom stereocenters. The summed E-state index contributed by atoms with van der Waals surface area (Å²) < 4.78 is 5.46. The Balaban J connectivity index is 1.83. The van der Waals surface area contributed by atoms with Crippen LogP contribution in [0.1, 0.15) is 27.4 Å². The molecule has 0 aliphatic heterocycles. The van der Waals surface area contributed by atoms with Crippen molar-refractivity contribution in [1.29, 1.82) is 0 Å². The highest BCUT2D eigenvalue weighted by atomic mass is 16.3. The number of para-hydroxylation sites is 1. The maximum Gasteiger partial charge on any atom is 0.253 e. The van der Waals surface area contributed by atoms with Crippen LogP contribution in [-0.4, -0.2) is 10.9 Å². The van der Waals surface area contributed by atoms with E-state index in [1.54, 1.807) is 12.3 Å². The third-order valence-electron chi connectivity index (χ3n) is 3.46. The summed E-state index contributed by atoms with van der Waals surface area (Å²) in [5.74, 6) is 1.56. The van der Waals surface area contributed by atoms with Crippen molar-refractivity contribution in [3.05, 3.63) is 65.2 Å². The average molecular weight is 280 g/mol. The molecule has 3 rings (SSSR count). The zero-order chi connectivity index (χ0) is 14.8. The molecule has 0 saturated heterocycles. The van der Waals surface area contributed by atoms with Crippen molar-refractivity contribution in [2.24, 2.45) is 0 Å². The van der Waals surface area contributed by atoms with E-state index in [2.05, 4.69) is 10.3 Å². The second-order valence-corrected chi connectivity index (χ2v) is 5.00. The monoisotopic (exact) mass is 280 g/mol. The number of aryl methyl sites for hydroxylation is 2. The van der Waals surface area contributed by atoms with Crippen LogP contribution in [0, 0.1) is 13.8 Å². The van der Waals surface area contributed by atoms with Crippen LogP contribution in [0.5, 0.6) is 0 Å². The third kappa shape index (κ3) is 2.65. The van der Waals surface area contributed by atoms with Gasteiger partial charge in [0.25, 0.3) is 5.91 Å². The predicted molar refractivity (Wildman–Crippen MR) is 81.1 cm³/mol. The molecule has 0 saturated carbocycles. The molecule has 1 N–H and O–H groups in total. The Bertz CT molecular complexity index is 800. The summed E-state index contributed by atoms with van der Waals surface area (Å²) >= 11 is 0. The number of fused-ring (bicyclic) bond motifs is 1. The van der Waals surface area contributed by atoms with Gasteiger partial charge in [-0.15, -0.1) is 0 Å². The SMILES string of the molecule is Cc1cc(CNC(=O)c2cccc3cccnc23)c(C)o1. The van der Waals surface area contributed by atoms with Gasteiger partial charge in [-0.1, -0.05) is 18.2 Å². The molecule has 4 nitrogen and oxygen atoms in total. The van der Waals surface area contributed by atoms with Gasteiger partial charge in [-0.05, 0) is 32.0 Å². The van der Waals surface area contributed by atoms with Crippen molar-refractivity contribution in [2.75, 3.05) is 0 Å². The van der Waals surface area contributed by atoms with Crippen LogP contribution in [-0.2, 0) is 6.54 Å². The number of nitrogens with one attached hydrogen (secondary N) is 1. The molecule has 1 aromatic carbocycles. The van der Waals surface area contributed by atoms with E-state index < -0.39 is 0 Å². The van der Waals surface area contributed by atoms with E-state index in [0.29, 0.717) is 12.1 Å². The van der Waals surface area contributed by atoms with Crippen molar-refractivity contribution in [3.63, 3.8) is 0 Å². The number of hydrogen-bond donors (Lipinski definition) is 1. The predicted octanol–water partition coefficient (Wildman–Crippen LogP) is 3.37. The van der Waals surface area contributed by atoms with Gasteiger partial charge in [-0.25, -0.2) is 0 Å². The number of carbonyl (C=O) groups is 1. The van der Waals surface area contributed by atoms with E-state index in [1.807, 2.05) is 44.2 Å². The molecule has 3 aromatic rings. The van der Waals surface area contributed by atoms with E-state index in [0.717, 1.165) is 28.0 Å². The van der Waals surface area contributed by atoms with Crippen molar-refractivity contribution in [1.82, 2.24) is 10.3 Å². The first kappa shape index (κ1) is 13.4. The van der Waals surface area contributed by atoms with Crippen molar-refractivity contribution < 1.29 is 9.21 Å². The largest absolute Gasteiger partial charge is 0.466 e. The van der Waals surface area contributed by atoms with Gasteiger partial charge in [-0.2, -0.15) is 0 Å². The lowest BCUT2D eigenvalue weighted by molar-refractivity contribution is 0.0952. The molecule has 0 bridgehead atoms. The second kappa shape index (κ2) is 5.40. The molecule has 4 heteroatoms. The molecule has 2 heterocycles. The Morgan fingerprint density at radius 3 is 2.81 bits per heavy atom. The first-order valence-corrected chi connectivity index (χ1v) is 6.83. The van der Waals surface area contributed by atoms with E-state index in [1.165, 1.54) is 0 Å². The summed E-state index contributed by atoms with van der Waals surface area (Å²) in [6, 6.07) is 11.4. The van der Waals surface area contributed by atoms with Gasteiger partial charge in [0.05, 0.1) is 11.1 Å². The fourth-order valence-electron chi connectivity index (χ4n) is 2.42. The molecular weight excluding hydrogens is 264 g/mol. The van der Waals surface area contributed by atoms with E-state index in [-0.39, 0.29) is 5.91 Å². The van der Waals surface area contributed by atoms with Crippen LogP contribution in [0.4, 0.5) is 0 Å². The van der Waals surface area contributed by atoms with E-state index in [4.69, 9.17) is 4.42 Å². The highest BCUT2D eigenvalue weighted by Crippen LogP contribution is 2.17. The molecule has 21 heavy (non-hydrogen) atoms. The number of nitrogens with zero attached hydrogens (tertiary/aromatic N) is 1. The lowest BCUT2D eigenvalue weighted by atomic mass is 10.1. The topological polar surface area (TPSA) is 55.1 Å². The number of rotatable bonds is 3. The molecule has 106 valence electrons. The molecule has 0 aliphatic rings. The first-order chi connectivity index (χ1) is 10.1. The number of pyridine rings is 1. The maximum atomic E-state index is 12.4. The van der Waals surface area contributed by atoms with Gasteiger partial charge < -0.3 is 9.73 Å². The van der Waals surface area contributed by atoms with Crippen molar-refractivity contribution in [3.8, 4) is 0 Å². The zero-order valence-corrected chi connectivity index (χ0v) is 12.0. The Hall–Kier alpha value is -2.62. The first-order valence-electron chi connectivity index (χ1n) is 6.83. The fourth-order valence-corrected chi connectivity index (χ4v) is 2.42. The second-order valence-electron chi connectivity index (χ2n) is 5.00. The number of carbonyl (C=O) groups excluding carboxylic acids is 1. The van der Waals surface area contributed by atoms with Crippen LogP contribution in [0.15, 0.2) is 47.0 Å². The molecule has 2 aromatic heterocycles. The van der Waals surface area contributed by atoms with E-state index in [9.17, 15) is 4.79 Å². The van der Waals surface area contributed by atoms with Gasteiger partial charge >= 0.3 is 0 Å². The van der Waals surface area contributed by atoms with Gasteiger partial charge in [0.1, 0.15) is 11.5 Å². The van der Waals surface area contributed by atoms with Crippen molar-refractivity contribution >= 4 is 16.8 Å². The normalized spacial score (nSPS) is 10.8. The van der Waals surface area contributed by atoms with Crippen molar-refractivity contribution in [2.45, 2.75) is 20.4 Å². The Morgan fingerprint density at radius 1 is 1.24 bits per heavy atom. The lowest BCUT2D eigenvalue weighted by Crippen LogP contribution is -2.23. The molecule has 0 aliphatic carbocycles. The highest BCUT2D eigenvalue weighted by Gasteiger charge is 2.12. The number of benzene rings is 1. The Kier molecular flexibility index (Phi) is 3.44. The summed E-state index contributed by atoms with van der Waals surface area (Å²) in [4.78, 5) is 16.7.